The molecule has 1 rings (SSSR count). The summed E-state index contributed by atoms with van der Waals surface area (Å²) in [6.07, 6.45) is 5.04. The number of hydrogen-bond acceptors (Lipinski definition) is 1. The molecule has 0 bridgehead atoms. The van der Waals surface area contributed by atoms with E-state index in [-0.39, 0.29) is 0 Å². The zero-order chi connectivity index (χ0) is 12.7. The van der Waals surface area contributed by atoms with Crippen molar-refractivity contribution in [1.82, 2.24) is 5.32 Å². The van der Waals surface area contributed by atoms with E-state index in [0.717, 1.165) is 5.02 Å². The molecule has 96 valence electrons. The van der Waals surface area contributed by atoms with Crippen LogP contribution >= 0.6 is 11.6 Å². The molecule has 1 nitrogen and oxygen atoms in total. The zero-order valence-corrected chi connectivity index (χ0v) is 11.9. The van der Waals surface area contributed by atoms with Crippen LogP contribution in [-0.2, 0) is 0 Å². The Morgan fingerprint density at radius 1 is 1.18 bits per heavy atom. The van der Waals surface area contributed by atoms with Gasteiger partial charge in [-0.1, -0.05) is 50.4 Å². The average Bonchev–Trinajstić information content (AvgIpc) is 2.35. The van der Waals surface area contributed by atoms with Crippen LogP contribution in [0.3, 0.4) is 0 Å². The van der Waals surface area contributed by atoms with Gasteiger partial charge in [0.05, 0.1) is 0 Å². The molecule has 1 N–H and O–H groups in total. The molecule has 17 heavy (non-hydrogen) atoms. The maximum Gasteiger partial charge on any atom is 0.0406 e. The summed E-state index contributed by atoms with van der Waals surface area (Å²) in [6.45, 7) is 6.72. The Morgan fingerprint density at radius 3 is 2.35 bits per heavy atom. The lowest BCUT2D eigenvalue weighted by molar-refractivity contribution is 0.410. The van der Waals surface area contributed by atoms with E-state index < -0.39 is 0 Å². The fourth-order valence-corrected chi connectivity index (χ4v) is 2.18. The highest BCUT2D eigenvalue weighted by Gasteiger charge is 2.11. The second-order valence-electron chi connectivity index (χ2n) is 4.69. The molecule has 0 aromatic heterocycles. The highest BCUT2D eigenvalue weighted by Crippen LogP contribution is 2.18. The van der Waals surface area contributed by atoms with Crippen molar-refractivity contribution in [3.05, 3.63) is 34.9 Å². The van der Waals surface area contributed by atoms with E-state index in [1.165, 1.54) is 31.2 Å². The first-order valence-corrected chi connectivity index (χ1v) is 7.06. The molecule has 2 heteroatoms. The van der Waals surface area contributed by atoms with Gasteiger partial charge in [0.25, 0.3) is 0 Å². The summed E-state index contributed by atoms with van der Waals surface area (Å²) in [4.78, 5) is 0. The van der Waals surface area contributed by atoms with Crippen LogP contribution in [0.4, 0.5) is 0 Å². The number of hydrogen-bond donors (Lipinski definition) is 1. The van der Waals surface area contributed by atoms with Crippen LogP contribution in [0.1, 0.15) is 58.1 Å². The van der Waals surface area contributed by atoms with Gasteiger partial charge in [-0.25, -0.2) is 0 Å². The molecule has 0 aliphatic rings. The monoisotopic (exact) mass is 253 g/mol. The molecule has 0 fully saturated rings. The second-order valence-corrected chi connectivity index (χ2v) is 5.12. The van der Waals surface area contributed by atoms with Gasteiger partial charge in [-0.3, -0.25) is 0 Å². The Hall–Kier alpha value is -0.530. The van der Waals surface area contributed by atoms with Crippen molar-refractivity contribution in [3.8, 4) is 0 Å². The van der Waals surface area contributed by atoms with Gasteiger partial charge in [0.15, 0.2) is 0 Å². The van der Waals surface area contributed by atoms with Crippen molar-refractivity contribution < 1.29 is 0 Å². The molecule has 1 aromatic carbocycles. The summed E-state index contributed by atoms with van der Waals surface area (Å²) in [5.74, 6) is 0. The lowest BCUT2D eigenvalue weighted by atomic mass is 10.0. The molecule has 0 aliphatic heterocycles. The molecule has 1 aromatic rings. The van der Waals surface area contributed by atoms with E-state index in [2.05, 4.69) is 38.2 Å². The van der Waals surface area contributed by atoms with Crippen LogP contribution in [0, 0.1) is 0 Å². The lowest BCUT2D eigenvalue weighted by Gasteiger charge is -2.22. The molecule has 0 aliphatic carbocycles. The van der Waals surface area contributed by atoms with E-state index in [4.69, 9.17) is 11.6 Å². The number of benzene rings is 1. The fourth-order valence-electron chi connectivity index (χ4n) is 2.06. The maximum absolute atomic E-state index is 5.90. The molecule has 0 saturated carbocycles. The second kappa shape index (κ2) is 7.73. The number of rotatable bonds is 7. The Labute approximate surface area is 111 Å². The highest BCUT2D eigenvalue weighted by atomic mass is 35.5. The first-order chi connectivity index (χ1) is 8.17. The van der Waals surface area contributed by atoms with Gasteiger partial charge in [0, 0.05) is 17.1 Å². The van der Waals surface area contributed by atoms with E-state index >= 15 is 0 Å². The van der Waals surface area contributed by atoms with Gasteiger partial charge in [-0.2, -0.15) is 0 Å². The van der Waals surface area contributed by atoms with Gasteiger partial charge >= 0.3 is 0 Å². The third-order valence-electron chi connectivity index (χ3n) is 3.25. The summed E-state index contributed by atoms with van der Waals surface area (Å²) in [5, 5.41) is 4.50. The van der Waals surface area contributed by atoms with E-state index in [1.807, 2.05) is 12.1 Å². The number of unbranched alkanes of at least 4 members (excludes halogenated alkanes) is 1. The Kier molecular flexibility index (Phi) is 6.61. The SMILES string of the molecule is CCCCC(CC)N[C@H](C)c1ccc(Cl)cc1. The smallest absolute Gasteiger partial charge is 0.0406 e. The topological polar surface area (TPSA) is 12.0 Å². The summed E-state index contributed by atoms with van der Waals surface area (Å²) in [6, 6.07) is 9.15. The predicted molar refractivity (Wildman–Crippen MR) is 76.6 cm³/mol. The van der Waals surface area contributed by atoms with Crippen molar-refractivity contribution in [3.63, 3.8) is 0 Å². The summed E-state index contributed by atoms with van der Waals surface area (Å²) >= 11 is 5.90. The van der Waals surface area contributed by atoms with E-state index in [0.29, 0.717) is 12.1 Å². The number of halogens is 1. The Bertz CT molecular complexity index is 307. The van der Waals surface area contributed by atoms with Crippen LogP contribution in [0.25, 0.3) is 0 Å². The standard InChI is InChI=1S/C15H24ClN/c1-4-6-7-15(5-2)17-12(3)13-8-10-14(16)11-9-13/h8-12,15,17H,4-7H2,1-3H3/t12-,15?/m1/s1. The molecular formula is C15H24ClN. The van der Waals surface area contributed by atoms with Gasteiger partial charge in [0.2, 0.25) is 0 Å². The molecule has 1 unspecified atom stereocenters. The van der Waals surface area contributed by atoms with Gasteiger partial charge in [-0.15, -0.1) is 0 Å². The average molecular weight is 254 g/mol. The molecule has 0 spiro atoms. The Morgan fingerprint density at radius 2 is 1.82 bits per heavy atom. The van der Waals surface area contributed by atoms with Crippen LogP contribution in [0.2, 0.25) is 5.02 Å². The van der Waals surface area contributed by atoms with Gasteiger partial charge in [-0.05, 0) is 37.5 Å². The molecule has 0 saturated heterocycles. The molecule has 2 atom stereocenters. The fraction of sp³-hybridized carbons (Fsp3) is 0.600. The van der Waals surface area contributed by atoms with Crippen molar-refractivity contribution in [2.24, 2.45) is 0 Å². The van der Waals surface area contributed by atoms with Crippen molar-refractivity contribution in [2.45, 2.75) is 58.5 Å². The van der Waals surface area contributed by atoms with Crippen LogP contribution in [-0.4, -0.2) is 6.04 Å². The first-order valence-electron chi connectivity index (χ1n) is 6.68. The van der Waals surface area contributed by atoms with Gasteiger partial charge in [0.1, 0.15) is 0 Å². The number of nitrogens with one attached hydrogen (secondary N) is 1. The molecule has 0 heterocycles. The third kappa shape index (κ3) is 5.10. The zero-order valence-electron chi connectivity index (χ0n) is 11.2. The molecule has 0 amide bonds. The van der Waals surface area contributed by atoms with Crippen molar-refractivity contribution >= 4 is 11.6 Å². The van der Waals surface area contributed by atoms with Crippen LogP contribution < -0.4 is 5.32 Å². The largest absolute Gasteiger partial charge is 0.307 e. The summed E-state index contributed by atoms with van der Waals surface area (Å²) < 4.78 is 0. The maximum atomic E-state index is 5.90. The summed E-state index contributed by atoms with van der Waals surface area (Å²) in [5.41, 5.74) is 1.31. The quantitative estimate of drug-likeness (QED) is 0.724. The molecule has 0 radical (unpaired) electrons. The van der Waals surface area contributed by atoms with Crippen LogP contribution in [0.5, 0.6) is 0 Å². The summed E-state index contributed by atoms with van der Waals surface area (Å²) in [7, 11) is 0. The minimum Gasteiger partial charge on any atom is -0.307 e. The third-order valence-corrected chi connectivity index (χ3v) is 3.51. The predicted octanol–water partition coefficient (Wildman–Crippen LogP) is 4.96. The first kappa shape index (κ1) is 14.5. The van der Waals surface area contributed by atoms with E-state index in [9.17, 15) is 0 Å². The van der Waals surface area contributed by atoms with Crippen LogP contribution in [0.15, 0.2) is 24.3 Å². The van der Waals surface area contributed by atoms with Crippen molar-refractivity contribution in [2.75, 3.05) is 0 Å². The van der Waals surface area contributed by atoms with Gasteiger partial charge < -0.3 is 5.32 Å². The Balaban J connectivity index is 2.51. The van der Waals surface area contributed by atoms with Crippen molar-refractivity contribution in [1.29, 1.82) is 0 Å². The highest BCUT2D eigenvalue weighted by molar-refractivity contribution is 6.30. The minimum atomic E-state index is 0.397. The van der Waals surface area contributed by atoms with E-state index in [1.54, 1.807) is 0 Å². The molecular weight excluding hydrogens is 230 g/mol. The minimum absolute atomic E-state index is 0.397. The normalized spacial score (nSPS) is 14.6. The lowest BCUT2D eigenvalue weighted by Crippen LogP contribution is -2.30.